The molecule has 0 amide bonds. The van der Waals surface area contributed by atoms with Crippen LogP contribution >= 0.6 is 12.2 Å². The Kier molecular flexibility index (Phi) is 3.73. The van der Waals surface area contributed by atoms with E-state index in [1.54, 1.807) is 6.20 Å². The summed E-state index contributed by atoms with van der Waals surface area (Å²) in [6.45, 7) is 4.14. The van der Waals surface area contributed by atoms with Crippen LogP contribution in [0.25, 0.3) is 22.8 Å². The largest absolute Gasteiger partial charge is 0.389 e. The molecule has 3 rings (SSSR count). The van der Waals surface area contributed by atoms with E-state index in [0.717, 1.165) is 11.1 Å². The number of pyridine rings is 1. The quantitative estimate of drug-likeness (QED) is 0.575. The van der Waals surface area contributed by atoms with Gasteiger partial charge in [-0.25, -0.2) is 9.97 Å². The van der Waals surface area contributed by atoms with Crippen LogP contribution < -0.4 is 5.73 Å². The molecule has 2 aromatic heterocycles. The van der Waals surface area contributed by atoms with E-state index in [0.29, 0.717) is 22.0 Å². The Labute approximate surface area is 134 Å². The topological polar surface area (TPSA) is 67.6 Å². The van der Waals surface area contributed by atoms with Gasteiger partial charge in [0.25, 0.3) is 0 Å². The van der Waals surface area contributed by atoms with E-state index in [1.807, 2.05) is 18.2 Å². The Morgan fingerprint density at radius 1 is 1.27 bits per heavy atom. The van der Waals surface area contributed by atoms with Crippen molar-refractivity contribution < 1.29 is 0 Å². The summed E-state index contributed by atoms with van der Waals surface area (Å²) in [4.78, 5) is 12.2. The molecule has 4 nitrogen and oxygen atoms in total. The predicted octanol–water partition coefficient (Wildman–Crippen LogP) is 3.40. The van der Waals surface area contributed by atoms with Gasteiger partial charge in [0.05, 0.1) is 11.1 Å². The smallest absolute Gasteiger partial charge is 0.178 e. The first kappa shape index (κ1) is 14.4. The van der Waals surface area contributed by atoms with Gasteiger partial charge in [0.2, 0.25) is 0 Å². The molecule has 0 atom stereocenters. The molecular formula is C17H16N4S. The zero-order valence-corrected chi connectivity index (χ0v) is 13.2. The lowest BCUT2D eigenvalue weighted by molar-refractivity contribution is 1.26. The van der Waals surface area contributed by atoms with E-state index >= 15 is 0 Å². The number of imidazole rings is 1. The number of nitrogens with one attached hydrogen (secondary N) is 1. The first-order valence-corrected chi connectivity index (χ1v) is 7.35. The predicted molar refractivity (Wildman–Crippen MR) is 94.5 cm³/mol. The van der Waals surface area contributed by atoms with Crippen molar-refractivity contribution in [1.29, 1.82) is 0 Å². The summed E-state index contributed by atoms with van der Waals surface area (Å²) in [6, 6.07) is 10.0. The first-order valence-electron chi connectivity index (χ1n) is 6.94. The molecule has 0 fully saturated rings. The molecular weight excluding hydrogens is 292 g/mol. The molecule has 0 unspecified atom stereocenters. The zero-order valence-electron chi connectivity index (χ0n) is 12.4. The van der Waals surface area contributed by atoms with Gasteiger partial charge in [-0.15, -0.1) is 0 Å². The third kappa shape index (κ3) is 2.76. The van der Waals surface area contributed by atoms with Gasteiger partial charge in [0.15, 0.2) is 5.65 Å². The maximum absolute atomic E-state index is 5.90. The number of aromatic nitrogens is 3. The Morgan fingerprint density at radius 2 is 2.09 bits per heavy atom. The molecule has 0 spiro atoms. The minimum atomic E-state index is 0.305. The van der Waals surface area contributed by atoms with Crippen LogP contribution in [0.4, 0.5) is 0 Å². The van der Waals surface area contributed by atoms with Gasteiger partial charge in [-0.3, -0.25) is 0 Å². The van der Waals surface area contributed by atoms with Crippen LogP contribution in [0, 0.1) is 13.8 Å². The number of aromatic amines is 1. The second-order valence-corrected chi connectivity index (χ2v) is 5.68. The number of rotatable bonds is 3. The van der Waals surface area contributed by atoms with Gasteiger partial charge in [0, 0.05) is 6.20 Å². The summed E-state index contributed by atoms with van der Waals surface area (Å²) < 4.78 is 0. The fourth-order valence-electron chi connectivity index (χ4n) is 2.37. The number of benzene rings is 1. The van der Waals surface area contributed by atoms with Gasteiger partial charge in [0.1, 0.15) is 10.8 Å². The van der Waals surface area contributed by atoms with Crippen molar-refractivity contribution in [2.45, 2.75) is 13.8 Å². The molecule has 0 saturated heterocycles. The van der Waals surface area contributed by atoms with E-state index in [2.05, 4.69) is 47.0 Å². The second-order valence-electron chi connectivity index (χ2n) is 5.24. The maximum Gasteiger partial charge on any atom is 0.178 e. The number of nitrogens with two attached hydrogens (primary N) is 1. The number of H-pyrrole nitrogens is 1. The van der Waals surface area contributed by atoms with Crippen molar-refractivity contribution in [3.63, 3.8) is 0 Å². The van der Waals surface area contributed by atoms with Crippen LogP contribution in [0.3, 0.4) is 0 Å². The molecule has 22 heavy (non-hydrogen) atoms. The number of hydrogen-bond donors (Lipinski definition) is 2. The fourth-order valence-corrected chi connectivity index (χ4v) is 2.53. The van der Waals surface area contributed by atoms with Crippen molar-refractivity contribution in [1.82, 2.24) is 15.0 Å². The lowest BCUT2D eigenvalue weighted by atomic mass is 10.0. The zero-order chi connectivity index (χ0) is 15.7. The van der Waals surface area contributed by atoms with Gasteiger partial charge in [-0.1, -0.05) is 36.0 Å². The third-order valence-electron chi connectivity index (χ3n) is 3.50. The number of thiocarbonyl (C=S) groups is 1. The van der Waals surface area contributed by atoms with Crippen molar-refractivity contribution in [3.8, 4) is 0 Å². The van der Waals surface area contributed by atoms with Crippen LogP contribution in [0.5, 0.6) is 0 Å². The summed E-state index contributed by atoms with van der Waals surface area (Å²) in [6.07, 6.45) is 3.68. The van der Waals surface area contributed by atoms with Crippen LogP contribution in [0.15, 0.2) is 36.5 Å². The van der Waals surface area contributed by atoms with Crippen molar-refractivity contribution in [2.75, 3.05) is 0 Å². The third-order valence-corrected chi connectivity index (χ3v) is 3.72. The van der Waals surface area contributed by atoms with Gasteiger partial charge >= 0.3 is 0 Å². The Morgan fingerprint density at radius 3 is 2.77 bits per heavy atom. The molecule has 3 aromatic rings. The highest BCUT2D eigenvalue weighted by Crippen LogP contribution is 2.21. The highest BCUT2D eigenvalue weighted by atomic mass is 32.1. The normalized spacial score (nSPS) is 11.8. The molecule has 2 heterocycles. The molecule has 0 aliphatic heterocycles. The SMILES string of the molecule is Cc1ccc(/C=C(\C(N)=S)c2nc3ncccc3[nH]2)c(C)c1. The minimum absolute atomic E-state index is 0.305. The summed E-state index contributed by atoms with van der Waals surface area (Å²) in [5.74, 6) is 0.640. The maximum atomic E-state index is 5.90. The van der Waals surface area contributed by atoms with Gasteiger partial charge < -0.3 is 10.7 Å². The second kappa shape index (κ2) is 5.69. The van der Waals surface area contributed by atoms with Crippen LogP contribution in [-0.2, 0) is 0 Å². The minimum Gasteiger partial charge on any atom is -0.389 e. The standard InChI is InChI=1S/C17H16N4S/c1-10-5-6-12(11(2)8-10)9-13(15(18)22)16-20-14-4-3-7-19-17(14)21-16/h3-9H,1-2H3,(H2,18,22)(H,19,20,21)/b13-9+. The molecule has 0 bridgehead atoms. The van der Waals surface area contributed by atoms with E-state index < -0.39 is 0 Å². The number of hydrogen-bond acceptors (Lipinski definition) is 3. The van der Waals surface area contributed by atoms with Crippen LogP contribution in [0.2, 0.25) is 0 Å². The number of fused-ring (bicyclic) bond motifs is 1. The molecule has 0 saturated carbocycles. The Bertz CT molecular complexity index is 860. The average Bonchev–Trinajstić information content (AvgIpc) is 2.89. The fraction of sp³-hybridized carbons (Fsp3) is 0.118. The first-order chi connectivity index (χ1) is 10.5. The molecule has 5 heteroatoms. The number of nitrogens with zero attached hydrogens (tertiary/aromatic N) is 2. The molecule has 0 aliphatic carbocycles. The van der Waals surface area contributed by atoms with Crippen LogP contribution in [-0.4, -0.2) is 19.9 Å². The summed E-state index contributed by atoms with van der Waals surface area (Å²) in [5, 5.41) is 0. The van der Waals surface area contributed by atoms with Gasteiger partial charge in [-0.05, 0) is 43.2 Å². The highest BCUT2D eigenvalue weighted by molar-refractivity contribution is 7.81. The Balaban J connectivity index is 2.13. The molecule has 110 valence electrons. The van der Waals surface area contributed by atoms with E-state index in [-0.39, 0.29) is 0 Å². The summed E-state index contributed by atoms with van der Waals surface area (Å²) in [5.41, 5.74) is 11.6. The van der Waals surface area contributed by atoms with Crippen LogP contribution in [0.1, 0.15) is 22.5 Å². The van der Waals surface area contributed by atoms with E-state index in [1.165, 1.54) is 11.1 Å². The van der Waals surface area contributed by atoms with Crippen molar-refractivity contribution >= 4 is 40.0 Å². The monoisotopic (exact) mass is 308 g/mol. The molecule has 0 radical (unpaired) electrons. The lowest BCUT2D eigenvalue weighted by Crippen LogP contribution is -2.11. The lowest BCUT2D eigenvalue weighted by Gasteiger charge is -2.06. The number of aryl methyl sites for hydroxylation is 2. The molecule has 0 aliphatic rings. The van der Waals surface area contributed by atoms with E-state index in [4.69, 9.17) is 18.0 Å². The molecule has 1 aromatic carbocycles. The average molecular weight is 308 g/mol. The summed E-state index contributed by atoms with van der Waals surface area (Å²) >= 11 is 5.20. The summed E-state index contributed by atoms with van der Waals surface area (Å²) in [7, 11) is 0. The molecule has 3 N–H and O–H groups in total. The van der Waals surface area contributed by atoms with Crippen molar-refractivity contribution in [3.05, 3.63) is 59.0 Å². The Hall–Kier alpha value is -2.53. The van der Waals surface area contributed by atoms with E-state index in [9.17, 15) is 0 Å². The van der Waals surface area contributed by atoms with Gasteiger partial charge in [-0.2, -0.15) is 0 Å². The van der Waals surface area contributed by atoms with Crippen molar-refractivity contribution in [2.24, 2.45) is 5.73 Å². The highest BCUT2D eigenvalue weighted by Gasteiger charge is 2.12.